The normalized spacial score (nSPS) is 20.6. The number of benzene rings is 1. The Hall–Kier alpha value is -1.12. The monoisotopic (exact) mass is 298 g/mol. The number of rotatable bonds is 0. The number of thioether (sulfide) groups is 2. The summed E-state index contributed by atoms with van der Waals surface area (Å²) in [4.78, 5) is 15.0. The van der Waals surface area contributed by atoms with Gasteiger partial charge < -0.3 is 0 Å². The van der Waals surface area contributed by atoms with Gasteiger partial charge in [0.2, 0.25) is 0 Å². The number of hydrogen-bond acceptors (Lipinski definition) is 5. The molecule has 0 radical (unpaired) electrons. The summed E-state index contributed by atoms with van der Waals surface area (Å²) in [5.41, 5.74) is 0.574. The van der Waals surface area contributed by atoms with Crippen molar-refractivity contribution in [1.82, 2.24) is 0 Å². The third-order valence-electron chi connectivity index (χ3n) is 2.32. The van der Waals surface area contributed by atoms with Crippen molar-refractivity contribution in [2.45, 2.75) is 4.90 Å². The van der Waals surface area contributed by atoms with Gasteiger partial charge in [0.15, 0.2) is 0 Å². The summed E-state index contributed by atoms with van der Waals surface area (Å²) < 4.78 is 27.8. The summed E-state index contributed by atoms with van der Waals surface area (Å²) in [7, 11) is -3.59. The average Bonchev–Trinajstić information content (AvgIpc) is 2.83. The van der Waals surface area contributed by atoms with E-state index in [-0.39, 0.29) is 10.8 Å². The molecule has 0 aliphatic carbocycles. The number of nitrogens with zero attached hydrogens (tertiary/aromatic N) is 2. The Labute approximate surface area is 112 Å². The zero-order chi connectivity index (χ0) is 12.8. The highest BCUT2D eigenvalue weighted by atomic mass is 32.2. The van der Waals surface area contributed by atoms with Gasteiger partial charge in [-0.2, -0.15) is 17.8 Å². The van der Waals surface area contributed by atoms with E-state index in [0.29, 0.717) is 20.7 Å². The van der Waals surface area contributed by atoms with E-state index in [1.54, 1.807) is 18.2 Å². The van der Waals surface area contributed by atoms with E-state index < -0.39 is 10.0 Å². The van der Waals surface area contributed by atoms with Gasteiger partial charge in [0.25, 0.3) is 15.9 Å². The molecule has 1 aromatic carbocycles. The molecule has 2 aliphatic rings. The number of fused-ring (bicyclic) bond motifs is 1. The number of hydrogen-bond donors (Lipinski definition) is 0. The molecule has 2 heterocycles. The minimum Gasteiger partial charge on any atom is -0.272 e. The molecule has 2 aliphatic heterocycles. The van der Waals surface area contributed by atoms with Crippen molar-refractivity contribution in [3.8, 4) is 0 Å². The van der Waals surface area contributed by atoms with Gasteiger partial charge in [0.05, 0.1) is 10.6 Å². The molecule has 18 heavy (non-hydrogen) atoms. The summed E-state index contributed by atoms with van der Waals surface area (Å²) in [6.45, 7) is 0. The van der Waals surface area contributed by atoms with Crippen LogP contribution >= 0.6 is 23.5 Å². The van der Waals surface area contributed by atoms with E-state index in [2.05, 4.69) is 9.39 Å². The van der Waals surface area contributed by atoms with Crippen LogP contribution in [0.2, 0.25) is 0 Å². The quantitative estimate of drug-likeness (QED) is 0.725. The Balaban J connectivity index is 2.00. The van der Waals surface area contributed by atoms with Crippen molar-refractivity contribution in [2.24, 2.45) is 9.39 Å². The van der Waals surface area contributed by atoms with Crippen LogP contribution in [0, 0.1) is 0 Å². The smallest absolute Gasteiger partial charge is 0.272 e. The minimum atomic E-state index is -3.59. The van der Waals surface area contributed by atoms with Crippen LogP contribution in [0.1, 0.15) is 5.56 Å². The molecule has 0 spiro atoms. The Kier molecular flexibility index (Phi) is 2.80. The van der Waals surface area contributed by atoms with E-state index >= 15 is 0 Å². The van der Waals surface area contributed by atoms with E-state index in [4.69, 9.17) is 0 Å². The van der Waals surface area contributed by atoms with E-state index in [1.807, 2.05) is 0 Å². The summed E-state index contributed by atoms with van der Waals surface area (Å²) >= 11 is 2.43. The first kappa shape index (κ1) is 11.9. The largest absolute Gasteiger partial charge is 0.284 e. The molecule has 0 aromatic heterocycles. The van der Waals surface area contributed by atoms with Crippen LogP contribution in [0.3, 0.4) is 0 Å². The van der Waals surface area contributed by atoms with Gasteiger partial charge >= 0.3 is 0 Å². The van der Waals surface area contributed by atoms with Gasteiger partial charge in [-0.15, -0.1) is 0 Å². The summed E-state index contributed by atoms with van der Waals surface area (Å²) in [6, 6.07) is 6.64. The van der Waals surface area contributed by atoms with Crippen LogP contribution in [-0.2, 0) is 14.8 Å². The molecule has 5 nitrogen and oxygen atoms in total. The molecule has 0 bridgehead atoms. The van der Waals surface area contributed by atoms with Crippen molar-refractivity contribution >= 4 is 48.9 Å². The Bertz CT molecular complexity index is 707. The zero-order valence-corrected chi connectivity index (χ0v) is 11.3. The van der Waals surface area contributed by atoms with Crippen molar-refractivity contribution in [1.29, 1.82) is 0 Å². The molecule has 3 rings (SSSR count). The number of aliphatic imine (C=N–C) groups is 1. The first-order valence-electron chi connectivity index (χ1n) is 4.93. The molecule has 92 valence electrons. The average molecular weight is 298 g/mol. The highest BCUT2D eigenvalue weighted by molar-refractivity contribution is 8.45. The number of sulfonamides is 1. The van der Waals surface area contributed by atoms with E-state index in [1.165, 1.54) is 17.8 Å². The third kappa shape index (κ3) is 2.00. The maximum absolute atomic E-state index is 11.8. The van der Waals surface area contributed by atoms with Gasteiger partial charge in [-0.3, -0.25) is 4.79 Å². The maximum Gasteiger partial charge on any atom is 0.284 e. The SMILES string of the molecule is O=C1CSC(SC2=NS(=O)(=O)c3ccccc32)=N1. The van der Waals surface area contributed by atoms with Crippen LogP contribution in [0.15, 0.2) is 38.6 Å². The van der Waals surface area contributed by atoms with Crippen LogP contribution in [0.25, 0.3) is 0 Å². The first-order valence-corrected chi connectivity index (χ1v) is 8.17. The lowest BCUT2D eigenvalue weighted by atomic mass is 10.2. The highest BCUT2D eigenvalue weighted by Crippen LogP contribution is 2.34. The van der Waals surface area contributed by atoms with Crippen LogP contribution < -0.4 is 0 Å². The Morgan fingerprint density at radius 2 is 2.06 bits per heavy atom. The molecule has 1 aromatic rings. The van der Waals surface area contributed by atoms with Gasteiger partial charge in [0, 0.05) is 5.56 Å². The summed E-state index contributed by atoms with van der Waals surface area (Å²) in [5, 5.41) is 0.381. The first-order chi connectivity index (χ1) is 8.56. The van der Waals surface area contributed by atoms with Gasteiger partial charge in [-0.25, -0.2) is 0 Å². The predicted molar refractivity (Wildman–Crippen MR) is 72.7 cm³/mol. The lowest BCUT2D eigenvalue weighted by molar-refractivity contribution is -0.115. The molecule has 0 fully saturated rings. The fraction of sp³-hybridized carbons (Fsp3) is 0.100. The summed E-state index contributed by atoms with van der Waals surface area (Å²) in [6.07, 6.45) is 0. The lowest BCUT2D eigenvalue weighted by Crippen LogP contribution is -1.95. The van der Waals surface area contributed by atoms with Gasteiger partial charge in [0.1, 0.15) is 9.42 Å². The Morgan fingerprint density at radius 3 is 2.78 bits per heavy atom. The van der Waals surface area contributed by atoms with Crippen LogP contribution in [0.4, 0.5) is 0 Å². The van der Waals surface area contributed by atoms with Crippen molar-refractivity contribution in [2.75, 3.05) is 5.75 Å². The van der Waals surface area contributed by atoms with Gasteiger partial charge in [-0.1, -0.05) is 30.0 Å². The fourth-order valence-electron chi connectivity index (χ4n) is 1.57. The van der Waals surface area contributed by atoms with Crippen LogP contribution in [-0.4, -0.2) is 29.5 Å². The molecule has 0 saturated heterocycles. The molecule has 0 N–H and O–H groups in total. The second-order valence-electron chi connectivity index (χ2n) is 3.53. The topological polar surface area (TPSA) is 75.9 Å². The maximum atomic E-state index is 11.8. The van der Waals surface area contributed by atoms with E-state index in [0.717, 1.165) is 11.8 Å². The second-order valence-corrected chi connectivity index (χ2v) is 7.30. The Morgan fingerprint density at radius 1 is 1.28 bits per heavy atom. The molecular weight excluding hydrogens is 292 g/mol. The van der Waals surface area contributed by atoms with Crippen molar-refractivity contribution in [3.63, 3.8) is 0 Å². The lowest BCUT2D eigenvalue weighted by Gasteiger charge is -1.99. The standard InChI is InChI=1S/C10H6N2O3S3/c13-8-5-16-10(11-8)17-9-6-3-1-2-4-7(6)18(14,15)12-9/h1-4H,5H2. The minimum absolute atomic E-state index is 0.197. The third-order valence-corrected chi connectivity index (χ3v) is 5.87. The van der Waals surface area contributed by atoms with Gasteiger partial charge in [-0.05, 0) is 17.8 Å². The zero-order valence-electron chi connectivity index (χ0n) is 8.86. The molecular formula is C10H6N2O3S3. The molecule has 0 saturated carbocycles. The molecule has 1 amide bonds. The second kappa shape index (κ2) is 4.22. The van der Waals surface area contributed by atoms with E-state index in [9.17, 15) is 13.2 Å². The number of amides is 1. The van der Waals surface area contributed by atoms with Crippen molar-refractivity contribution in [3.05, 3.63) is 29.8 Å². The predicted octanol–water partition coefficient (Wildman–Crippen LogP) is 1.50. The molecule has 8 heteroatoms. The fourth-order valence-corrected chi connectivity index (χ4v) is 4.92. The van der Waals surface area contributed by atoms with Crippen molar-refractivity contribution < 1.29 is 13.2 Å². The molecule has 0 unspecified atom stereocenters. The highest BCUT2D eigenvalue weighted by Gasteiger charge is 2.30. The summed E-state index contributed by atoms with van der Waals surface area (Å²) in [5.74, 6) is 0.113. The molecule has 0 atom stereocenters. The van der Waals surface area contributed by atoms with Crippen LogP contribution in [0.5, 0.6) is 0 Å². The number of carbonyl (C=O) groups is 1. The number of carbonyl (C=O) groups excluding carboxylic acids is 1.